The molecule has 0 saturated heterocycles. The Bertz CT molecular complexity index is 441. The molecule has 6 heteroatoms. The fraction of sp³-hybridized carbons (Fsp3) is 0.462. The molecule has 1 atom stereocenters. The van der Waals surface area contributed by atoms with Crippen LogP contribution in [0.15, 0.2) is 22.7 Å². The van der Waals surface area contributed by atoms with Gasteiger partial charge in [-0.2, -0.15) is 0 Å². The molecule has 4 nitrogen and oxygen atoms in total. The van der Waals surface area contributed by atoms with Crippen LogP contribution in [-0.4, -0.2) is 45.2 Å². The van der Waals surface area contributed by atoms with Gasteiger partial charge in [-0.3, -0.25) is 5.32 Å². The highest BCUT2D eigenvalue weighted by Crippen LogP contribution is 2.25. The summed E-state index contributed by atoms with van der Waals surface area (Å²) in [6.07, 6.45) is 0. The molecule has 0 fully saturated rings. The van der Waals surface area contributed by atoms with Crippen LogP contribution in [0, 0.1) is 5.82 Å². The van der Waals surface area contributed by atoms with Crippen LogP contribution < -0.4 is 5.32 Å². The molecule has 1 N–H and O–H groups in total. The molecule has 0 aromatic heterocycles. The van der Waals surface area contributed by atoms with Gasteiger partial charge in [0.25, 0.3) is 0 Å². The standard InChI is InChI=1S/C13H18BrFN2O2/c1-17(2)7-6-16-12(13(18)19-3)10-8-9(15)4-5-11(10)14/h4-5,8,12,16H,6-7H2,1-3H3. The van der Waals surface area contributed by atoms with Crippen LogP contribution in [-0.2, 0) is 9.53 Å². The van der Waals surface area contributed by atoms with Gasteiger partial charge in [-0.1, -0.05) is 15.9 Å². The van der Waals surface area contributed by atoms with Crippen LogP contribution in [0.5, 0.6) is 0 Å². The number of methoxy groups -OCH3 is 1. The third-order valence-corrected chi connectivity index (χ3v) is 3.34. The Hall–Kier alpha value is -0.980. The van der Waals surface area contributed by atoms with Crippen molar-refractivity contribution in [2.24, 2.45) is 0 Å². The van der Waals surface area contributed by atoms with E-state index >= 15 is 0 Å². The maximum absolute atomic E-state index is 13.3. The zero-order valence-corrected chi connectivity index (χ0v) is 12.8. The van der Waals surface area contributed by atoms with Crippen LogP contribution in [0.2, 0.25) is 0 Å². The van der Waals surface area contributed by atoms with E-state index in [4.69, 9.17) is 4.74 Å². The van der Waals surface area contributed by atoms with Crippen LogP contribution in [0.3, 0.4) is 0 Å². The lowest BCUT2D eigenvalue weighted by Crippen LogP contribution is -2.34. The third kappa shape index (κ3) is 4.89. The van der Waals surface area contributed by atoms with Crippen LogP contribution in [0.1, 0.15) is 11.6 Å². The number of hydrogen-bond donors (Lipinski definition) is 1. The van der Waals surface area contributed by atoms with Gasteiger partial charge in [0.15, 0.2) is 0 Å². The largest absolute Gasteiger partial charge is 0.468 e. The highest BCUT2D eigenvalue weighted by Gasteiger charge is 2.23. The first-order valence-corrected chi connectivity index (χ1v) is 6.66. The summed E-state index contributed by atoms with van der Waals surface area (Å²) >= 11 is 3.32. The SMILES string of the molecule is COC(=O)C(NCCN(C)C)c1cc(F)ccc1Br. The number of carbonyl (C=O) groups is 1. The van der Waals surface area contributed by atoms with Gasteiger partial charge in [0.05, 0.1) is 7.11 Å². The Kier molecular flexibility index (Phi) is 6.41. The topological polar surface area (TPSA) is 41.6 Å². The molecule has 0 heterocycles. The van der Waals surface area contributed by atoms with Crippen molar-refractivity contribution in [2.75, 3.05) is 34.3 Å². The van der Waals surface area contributed by atoms with Crippen LogP contribution in [0.25, 0.3) is 0 Å². The predicted octanol–water partition coefficient (Wildman–Crippen LogP) is 1.95. The van der Waals surface area contributed by atoms with Gasteiger partial charge in [0.1, 0.15) is 11.9 Å². The van der Waals surface area contributed by atoms with E-state index in [1.165, 1.54) is 19.2 Å². The lowest BCUT2D eigenvalue weighted by molar-refractivity contribution is -0.143. The molecule has 106 valence electrons. The van der Waals surface area contributed by atoms with Crippen molar-refractivity contribution in [3.8, 4) is 0 Å². The van der Waals surface area contributed by atoms with E-state index in [0.717, 1.165) is 6.54 Å². The van der Waals surface area contributed by atoms with E-state index in [2.05, 4.69) is 21.2 Å². The number of likely N-dealkylation sites (N-methyl/N-ethyl adjacent to an activating group) is 1. The summed E-state index contributed by atoms with van der Waals surface area (Å²) in [5, 5.41) is 3.07. The Morgan fingerprint density at radius 1 is 1.53 bits per heavy atom. The van der Waals surface area contributed by atoms with Gasteiger partial charge in [0, 0.05) is 17.6 Å². The molecule has 0 spiro atoms. The summed E-state index contributed by atoms with van der Waals surface area (Å²) in [6.45, 7) is 1.36. The fourth-order valence-corrected chi connectivity index (χ4v) is 2.08. The second kappa shape index (κ2) is 7.57. The van der Waals surface area contributed by atoms with E-state index in [0.29, 0.717) is 16.6 Å². The fourth-order valence-electron chi connectivity index (χ4n) is 1.61. The summed E-state index contributed by atoms with van der Waals surface area (Å²) in [5.74, 6) is -0.827. The van der Waals surface area contributed by atoms with Crippen molar-refractivity contribution in [2.45, 2.75) is 6.04 Å². The summed E-state index contributed by atoms with van der Waals surface area (Å²) in [4.78, 5) is 13.8. The quantitative estimate of drug-likeness (QED) is 0.808. The van der Waals surface area contributed by atoms with Crippen molar-refractivity contribution in [1.29, 1.82) is 0 Å². The molecule has 0 saturated carbocycles. The maximum Gasteiger partial charge on any atom is 0.327 e. The van der Waals surface area contributed by atoms with Gasteiger partial charge in [-0.15, -0.1) is 0 Å². The molecule has 0 aliphatic heterocycles. The van der Waals surface area contributed by atoms with E-state index < -0.39 is 12.0 Å². The Morgan fingerprint density at radius 2 is 2.21 bits per heavy atom. The van der Waals surface area contributed by atoms with E-state index in [-0.39, 0.29) is 5.82 Å². The monoisotopic (exact) mass is 332 g/mol. The highest BCUT2D eigenvalue weighted by atomic mass is 79.9. The minimum atomic E-state index is -0.685. The van der Waals surface area contributed by atoms with E-state index in [9.17, 15) is 9.18 Å². The molecule has 0 aliphatic rings. The van der Waals surface area contributed by atoms with Gasteiger partial charge < -0.3 is 9.64 Å². The Labute approximate surface area is 121 Å². The lowest BCUT2D eigenvalue weighted by atomic mass is 10.1. The molecule has 1 aromatic carbocycles. The number of nitrogens with one attached hydrogen (secondary N) is 1. The van der Waals surface area contributed by atoms with Crippen LogP contribution >= 0.6 is 15.9 Å². The molecule has 0 radical (unpaired) electrons. The third-order valence-electron chi connectivity index (χ3n) is 2.61. The molecular weight excluding hydrogens is 315 g/mol. The molecule has 19 heavy (non-hydrogen) atoms. The summed E-state index contributed by atoms with van der Waals surface area (Å²) in [7, 11) is 5.19. The normalized spacial score (nSPS) is 12.5. The van der Waals surface area contributed by atoms with Crippen molar-refractivity contribution >= 4 is 21.9 Å². The highest BCUT2D eigenvalue weighted by molar-refractivity contribution is 9.10. The van der Waals surface area contributed by atoms with Crippen molar-refractivity contribution in [3.63, 3.8) is 0 Å². The van der Waals surface area contributed by atoms with Crippen molar-refractivity contribution < 1.29 is 13.9 Å². The average Bonchev–Trinajstić information content (AvgIpc) is 2.37. The summed E-state index contributed by atoms with van der Waals surface area (Å²) in [6, 6.07) is 3.56. The maximum atomic E-state index is 13.3. The average molecular weight is 333 g/mol. The number of benzene rings is 1. The number of halogens is 2. The minimum Gasteiger partial charge on any atom is -0.468 e. The number of ether oxygens (including phenoxy) is 1. The first-order chi connectivity index (χ1) is 8.95. The Balaban J connectivity index is 2.89. The summed E-state index contributed by atoms with van der Waals surface area (Å²) < 4.78 is 18.7. The predicted molar refractivity (Wildman–Crippen MR) is 75.4 cm³/mol. The molecule has 1 unspecified atom stereocenters. The van der Waals surface area contributed by atoms with E-state index in [1.54, 1.807) is 6.07 Å². The Morgan fingerprint density at radius 3 is 2.79 bits per heavy atom. The van der Waals surface area contributed by atoms with Gasteiger partial charge in [-0.05, 0) is 37.9 Å². The second-order valence-electron chi connectivity index (χ2n) is 4.38. The lowest BCUT2D eigenvalue weighted by Gasteiger charge is -2.19. The zero-order valence-electron chi connectivity index (χ0n) is 11.2. The van der Waals surface area contributed by atoms with Gasteiger partial charge in [-0.25, -0.2) is 9.18 Å². The molecule has 0 bridgehead atoms. The first-order valence-electron chi connectivity index (χ1n) is 5.86. The number of esters is 1. The van der Waals surface area contributed by atoms with Crippen molar-refractivity contribution in [1.82, 2.24) is 10.2 Å². The smallest absolute Gasteiger partial charge is 0.327 e. The second-order valence-corrected chi connectivity index (χ2v) is 5.23. The number of carbonyl (C=O) groups excluding carboxylic acids is 1. The van der Waals surface area contributed by atoms with Crippen molar-refractivity contribution in [3.05, 3.63) is 34.1 Å². The molecule has 0 amide bonds. The first kappa shape index (κ1) is 16.1. The number of rotatable bonds is 6. The number of hydrogen-bond acceptors (Lipinski definition) is 4. The molecule has 0 aliphatic carbocycles. The number of nitrogens with zero attached hydrogens (tertiary/aromatic N) is 1. The van der Waals surface area contributed by atoms with Gasteiger partial charge >= 0.3 is 5.97 Å². The van der Waals surface area contributed by atoms with E-state index in [1.807, 2.05) is 19.0 Å². The van der Waals surface area contributed by atoms with Gasteiger partial charge in [0.2, 0.25) is 0 Å². The zero-order chi connectivity index (χ0) is 14.4. The molecular formula is C13H18BrFN2O2. The van der Waals surface area contributed by atoms with Crippen LogP contribution in [0.4, 0.5) is 4.39 Å². The minimum absolute atomic E-state index is 0.387. The molecule has 1 aromatic rings. The summed E-state index contributed by atoms with van der Waals surface area (Å²) in [5.41, 5.74) is 0.533. The molecule has 1 rings (SSSR count).